The number of thioether (sulfide) groups is 1. The quantitative estimate of drug-likeness (QED) is 0.766. The molecule has 0 saturated carbocycles. The first kappa shape index (κ1) is 17.3. The number of fused-ring (bicyclic) bond motifs is 5. The lowest BCUT2D eigenvalue weighted by molar-refractivity contribution is -0.136. The number of para-hydroxylation sites is 1. The number of rotatable bonds is 2. The number of morpholine rings is 1. The van der Waals surface area contributed by atoms with Crippen LogP contribution in [0.25, 0.3) is 0 Å². The Morgan fingerprint density at radius 1 is 1.22 bits per heavy atom. The maximum Gasteiger partial charge on any atom is 0.308 e. The van der Waals surface area contributed by atoms with Crippen molar-refractivity contribution < 1.29 is 14.3 Å². The highest BCUT2D eigenvalue weighted by molar-refractivity contribution is 7.99. The minimum atomic E-state index is -0.0428. The molecule has 8 heteroatoms. The van der Waals surface area contributed by atoms with E-state index in [9.17, 15) is 9.59 Å². The van der Waals surface area contributed by atoms with Gasteiger partial charge in [-0.3, -0.25) is 14.2 Å². The van der Waals surface area contributed by atoms with Crippen LogP contribution in [-0.2, 0) is 16.1 Å². The Kier molecular flexibility index (Phi) is 4.49. The molecule has 1 aromatic heterocycles. The average molecular weight is 405 g/mol. The summed E-state index contributed by atoms with van der Waals surface area (Å²) in [6.07, 6.45) is 0. The van der Waals surface area contributed by atoms with Crippen molar-refractivity contribution >= 4 is 29.0 Å². The van der Waals surface area contributed by atoms with E-state index in [4.69, 9.17) is 9.47 Å². The average Bonchev–Trinajstić information content (AvgIpc) is 3.03. The van der Waals surface area contributed by atoms with Gasteiger partial charge in [0.2, 0.25) is 5.91 Å². The summed E-state index contributed by atoms with van der Waals surface area (Å²) in [5, 5.41) is 0.963. The molecule has 1 aromatic carbocycles. The molecule has 0 N–H and O–H groups in total. The van der Waals surface area contributed by atoms with Gasteiger partial charge in [0.15, 0.2) is 0 Å². The predicted molar refractivity (Wildman–Crippen MR) is 104 cm³/mol. The summed E-state index contributed by atoms with van der Waals surface area (Å²) in [5.41, 5.74) is 1.16. The molecule has 1 amide bonds. The summed E-state index contributed by atoms with van der Waals surface area (Å²) in [4.78, 5) is 28.3. The fraction of sp³-hybridized carbons (Fsp3) is 0.474. The summed E-state index contributed by atoms with van der Waals surface area (Å²) in [6.45, 7) is 3.13. The number of amides is 1. The summed E-state index contributed by atoms with van der Waals surface area (Å²) in [5.74, 6) is 2.35. The molecule has 0 unspecified atom stereocenters. The molecule has 3 aliphatic rings. The normalized spacial score (nSPS) is 23.8. The predicted octanol–water partition coefficient (Wildman–Crippen LogP) is 2.01. The highest BCUT2D eigenvalue weighted by Crippen LogP contribution is 2.50. The van der Waals surface area contributed by atoms with Gasteiger partial charge in [0, 0.05) is 41.1 Å². The van der Waals surface area contributed by atoms with E-state index >= 15 is 0 Å². The van der Waals surface area contributed by atoms with Crippen molar-refractivity contribution in [3.8, 4) is 5.75 Å². The van der Waals surface area contributed by atoms with E-state index in [1.54, 1.807) is 21.2 Å². The van der Waals surface area contributed by atoms with Crippen molar-refractivity contribution in [1.29, 1.82) is 0 Å². The van der Waals surface area contributed by atoms with Gasteiger partial charge in [-0.1, -0.05) is 29.5 Å². The molecule has 142 valence electrons. The zero-order valence-electron chi connectivity index (χ0n) is 14.8. The highest BCUT2D eigenvalue weighted by atomic mass is 32.2. The molecule has 2 atom stereocenters. The van der Waals surface area contributed by atoms with Crippen molar-refractivity contribution in [3.05, 3.63) is 44.4 Å². The topological polar surface area (TPSA) is 60.8 Å². The van der Waals surface area contributed by atoms with Gasteiger partial charge in [-0.2, -0.15) is 0 Å². The second-order valence-electron chi connectivity index (χ2n) is 7.01. The minimum Gasteiger partial charge on any atom is -0.493 e. The monoisotopic (exact) mass is 404 g/mol. The molecule has 2 aromatic rings. The van der Waals surface area contributed by atoms with E-state index in [1.165, 1.54) is 11.3 Å². The Balaban J connectivity index is 1.49. The molecule has 0 aliphatic carbocycles. The van der Waals surface area contributed by atoms with Gasteiger partial charge in [0.1, 0.15) is 12.3 Å². The van der Waals surface area contributed by atoms with Crippen LogP contribution >= 0.6 is 23.1 Å². The lowest BCUT2D eigenvalue weighted by Gasteiger charge is -2.36. The fourth-order valence-electron chi connectivity index (χ4n) is 4.04. The van der Waals surface area contributed by atoms with Crippen molar-refractivity contribution in [1.82, 2.24) is 9.47 Å². The number of nitrogens with zero attached hydrogens (tertiary/aromatic N) is 2. The van der Waals surface area contributed by atoms with Crippen molar-refractivity contribution in [2.24, 2.45) is 5.92 Å². The van der Waals surface area contributed by atoms with Gasteiger partial charge >= 0.3 is 4.87 Å². The third-order valence-electron chi connectivity index (χ3n) is 5.43. The largest absolute Gasteiger partial charge is 0.493 e. The molecular formula is C19H20N2O4S2. The van der Waals surface area contributed by atoms with Crippen LogP contribution in [0.3, 0.4) is 0 Å². The number of hydrogen-bond acceptors (Lipinski definition) is 6. The highest BCUT2D eigenvalue weighted by Gasteiger charge is 2.40. The minimum absolute atomic E-state index is 0.00361. The molecule has 1 fully saturated rings. The van der Waals surface area contributed by atoms with E-state index in [0.717, 1.165) is 27.0 Å². The van der Waals surface area contributed by atoms with E-state index < -0.39 is 0 Å². The molecule has 0 bridgehead atoms. The maximum atomic E-state index is 12.8. The van der Waals surface area contributed by atoms with Crippen molar-refractivity contribution in [2.75, 3.05) is 38.7 Å². The first-order valence-corrected chi connectivity index (χ1v) is 11.0. The number of hydrogen-bond donors (Lipinski definition) is 0. The van der Waals surface area contributed by atoms with Crippen LogP contribution in [0.2, 0.25) is 0 Å². The van der Waals surface area contributed by atoms with Crippen LogP contribution in [0.4, 0.5) is 0 Å². The van der Waals surface area contributed by atoms with Gasteiger partial charge in [-0.15, -0.1) is 11.8 Å². The number of benzene rings is 1. The van der Waals surface area contributed by atoms with Crippen LogP contribution in [0.1, 0.15) is 16.4 Å². The molecule has 4 heterocycles. The fourth-order valence-corrected chi connectivity index (χ4v) is 6.73. The van der Waals surface area contributed by atoms with E-state index in [1.807, 2.05) is 18.2 Å². The van der Waals surface area contributed by atoms with Crippen LogP contribution in [0.15, 0.2) is 34.1 Å². The number of aromatic nitrogens is 1. The Morgan fingerprint density at radius 3 is 2.89 bits per heavy atom. The number of ether oxygens (including phenoxy) is 2. The van der Waals surface area contributed by atoms with E-state index in [-0.39, 0.29) is 23.2 Å². The van der Waals surface area contributed by atoms with Crippen LogP contribution < -0.4 is 9.61 Å². The first-order valence-electron chi connectivity index (χ1n) is 9.16. The van der Waals surface area contributed by atoms with Crippen molar-refractivity contribution in [2.45, 2.75) is 17.5 Å². The molecule has 3 aliphatic heterocycles. The maximum absolute atomic E-state index is 12.8. The van der Waals surface area contributed by atoms with Gasteiger partial charge in [0.25, 0.3) is 0 Å². The molecule has 6 nitrogen and oxygen atoms in total. The molecule has 0 spiro atoms. The van der Waals surface area contributed by atoms with Gasteiger partial charge in [-0.05, 0) is 6.07 Å². The van der Waals surface area contributed by atoms with Crippen LogP contribution in [0.5, 0.6) is 5.75 Å². The second-order valence-corrected chi connectivity index (χ2v) is 9.02. The van der Waals surface area contributed by atoms with Gasteiger partial charge < -0.3 is 14.4 Å². The second kappa shape index (κ2) is 7.00. The zero-order valence-corrected chi connectivity index (χ0v) is 16.4. The van der Waals surface area contributed by atoms with Gasteiger partial charge in [0.05, 0.1) is 24.8 Å². The Labute approximate surface area is 165 Å². The number of thiazole rings is 1. The zero-order chi connectivity index (χ0) is 18.4. The van der Waals surface area contributed by atoms with Crippen LogP contribution in [0, 0.1) is 5.92 Å². The third kappa shape index (κ3) is 2.99. The lowest BCUT2D eigenvalue weighted by Crippen LogP contribution is -2.43. The SMILES string of the molecule is O=C(Cn1c2c(sc1=O)[C@H]1c3ccccc3OC[C@H]1CS2)N1CCOCC1. The summed E-state index contributed by atoms with van der Waals surface area (Å²) in [7, 11) is 0. The van der Waals surface area contributed by atoms with Crippen molar-refractivity contribution in [3.63, 3.8) is 0 Å². The Bertz CT molecular complexity index is 932. The summed E-state index contributed by atoms with van der Waals surface area (Å²) < 4.78 is 12.9. The molecular weight excluding hydrogens is 384 g/mol. The number of carbonyl (C=O) groups is 1. The van der Waals surface area contributed by atoms with Gasteiger partial charge in [-0.25, -0.2) is 0 Å². The first-order chi connectivity index (χ1) is 13.2. The lowest BCUT2D eigenvalue weighted by atomic mass is 9.84. The van der Waals surface area contributed by atoms with Crippen LogP contribution in [-0.4, -0.2) is 54.0 Å². The Hall–Kier alpha value is -1.77. The van der Waals surface area contributed by atoms with E-state index in [0.29, 0.717) is 38.8 Å². The molecule has 1 saturated heterocycles. The molecule has 5 rings (SSSR count). The summed E-state index contributed by atoms with van der Waals surface area (Å²) >= 11 is 2.97. The Morgan fingerprint density at radius 2 is 2.04 bits per heavy atom. The standard InChI is InChI=1S/C19H20N2O4S2/c22-15(20-5-7-24-8-6-20)9-21-18-17(27-19(21)23)16-12(11-26-18)10-25-14-4-2-1-3-13(14)16/h1-4,12,16H,5-11H2/t12-,16+/m0/s1. The van der Waals surface area contributed by atoms with E-state index in [2.05, 4.69) is 6.07 Å². The third-order valence-corrected chi connectivity index (χ3v) is 7.93. The smallest absolute Gasteiger partial charge is 0.308 e. The molecule has 27 heavy (non-hydrogen) atoms. The summed E-state index contributed by atoms with van der Waals surface area (Å²) in [6, 6.07) is 8.09. The number of carbonyl (C=O) groups excluding carboxylic acids is 1. The molecule has 0 radical (unpaired) electrons.